The Bertz CT molecular complexity index is 723. The minimum atomic E-state index is 0.191. The van der Waals surface area contributed by atoms with Gasteiger partial charge >= 0.3 is 0 Å². The number of carbonyl (C=O) groups is 1. The summed E-state index contributed by atoms with van der Waals surface area (Å²) < 4.78 is 5.41. The van der Waals surface area contributed by atoms with Crippen LogP contribution in [-0.2, 0) is 17.6 Å². The smallest absolute Gasteiger partial charge is 0.162 e. The summed E-state index contributed by atoms with van der Waals surface area (Å²) in [7, 11) is 0. The Morgan fingerprint density at radius 1 is 0.926 bits per heavy atom. The van der Waals surface area contributed by atoms with E-state index in [1.54, 1.807) is 12.1 Å². The molecule has 0 atom stereocenters. The zero-order valence-corrected chi connectivity index (χ0v) is 16.6. The predicted octanol–water partition coefficient (Wildman–Crippen LogP) is 4.81. The maximum Gasteiger partial charge on any atom is 0.162 e. The number of hydrogen-bond donors (Lipinski definition) is 0. The number of benzene rings is 2. The van der Waals surface area contributed by atoms with Crippen LogP contribution in [0, 0.1) is 0 Å². The van der Waals surface area contributed by atoms with Crippen LogP contribution >= 0.6 is 11.6 Å². The summed E-state index contributed by atoms with van der Waals surface area (Å²) in [6, 6.07) is 15.8. The number of aryl methyl sites for hydroxylation is 2. The number of rotatable bonds is 9. The molecule has 2 aromatic carbocycles. The Hall–Kier alpha value is -1.68. The lowest BCUT2D eigenvalue weighted by Crippen LogP contribution is -2.36. The molecule has 144 valence electrons. The zero-order valence-electron chi connectivity index (χ0n) is 15.8. The Balaban J connectivity index is 1.45. The van der Waals surface area contributed by atoms with E-state index in [-0.39, 0.29) is 5.78 Å². The van der Waals surface area contributed by atoms with E-state index >= 15 is 0 Å². The highest BCUT2D eigenvalue weighted by atomic mass is 35.5. The molecule has 0 aliphatic carbocycles. The first-order valence-corrected chi connectivity index (χ1v) is 10.3. The van der Waals surface area contributed by atoms with Crippen LogP contribution in [0.15, 0.2) is 48.5 Å². The molecule has 0 saturated carbocycles. The first-order chi connectivity index (χ1) is 13.2. The molecule has 0 unspecified atom stereocenters. The van der Waals surface area contributed by atoms with Gasteiger partial charge in [0.25, 0.3) is 0 Å². The molecular formula is C23H28ClNO2. The predicted molar refractivity (Wildman–Crippen MR) is 111 cm³/mol. The number of halogens is 1. The van der Waals surface area contributed by atoms with E-state index < -0.39 is 0 Å². The fourth-order valence-corrected chi connectivity index (χ4v) is 3.71. The molecule has 3 nitrogen and oxygen atoms in total. The van der Waals surface area contributed by atoms with Gasteiger partial charge in [0.2, 0.25) is 0 Å². The molecule has 2 aromatic rings. The standard InChI is InChI=1S/C23H28ClNO2/c24-22-12-10-21(11-13-22)23(26)9-3-7-19-5-1-2-6-20(19)8-4-14-25-15-17-27-18-16-25/h1-2,5-6,10-13H,3-4,7-9,14-18H2. The number of carbonyl (C=O) groups excluding carboxylic acids is 1. The monoisotopic (exact) mass is 385 g/mol. The van der Waals surface area contributed by atoms with E-state index in [2.05, 4.69) is 29.2 Å². The summed E-state index contributed by atoms with van der Waals surface area (Å²) in [5, 5.41) is 0.664. The number of ether oxygens (including phenoxy) is 1. The Morgan fingerprint density at radius 3 is 2.22 bits per heavy atom. The molecule has 1 aliphatic rings. The summed E-state index contributed by atoms with van der Waals surface area (Å²) in [6.45, 7) is 4.95. The third-order valence-electron chi connectivity index (χ3n) is 5.16. The van der Waals surface area contributed by atoms with Crippen molar-refractivity contribution in [3.63, 3.8) is 0 Å². The Morgan fingerprint density at radius 2 is 1.56 bits per heavy atom. The average Bonchev–Trinajstić information content (AvgIpc) is 2.70. The van der Waals surface area contributed by atoms with Crippen LogP contribution in [0.3, 0.4) is 0 Å². The number of hydrogen-bond acceptors (Lipinski definition) is 3. The number of ketones is 1. The number of morpholine rings is 1. The molecule has 1 aliphatic heterocycles. The third-order valence-corrected chi connectivity index (χ3v) is 5.41. The van der Waals surface area contributed by atoms with E-state index in [0.29, 0.717) is 11.4 Å². The van der Waals surface area contributed by atoms with Gasteiger partial charge in [0.15, 0.2) is 5.78 Å². The molecule has 0 spiro atoms. The summed E-state index contributed by atoms with van der Waals surface area (Å²) in [6.07, 6.45) is 4.66. The molecule has 1 fully saturated rings. The van der Waals surface area contributed by atoms with E-state index in [1.807, 2.05) is 12.1 Å². The first kappa shape index (κ1) is 20.1. The molecule has 0 radical (unpaired) electrons. The van der Waals surface area contributed by atoms with Crippen molar-refractivity contribution in [2.75, 3.05) is 32.8 Å². The second-order valence-electron chi connectivity index (χ2n) is 7.11. The Kier molecular flexibility index (Phi) is 7.88. The highest BCUT2D eigenvalue weighted by molar-refractivity contribution is 6.30. The zero-order chi connectivity index (χ0) is 18.9. The van der Waals surface area contributed by atoms with Gasteiger partial charge in [-0.15, -0.1) is 0 Å². The van der Waals surface area contributed by atoms with Crippen molar-refractivity contribution in [3.8, 4) is 0 Å². The van der Waals surface area contributed by atoms with Crippen LogP contribution in [0.2, 0.25) is 5.02 Å². The van der Waals surface area contributed by atoms with Gasteiger partial charge in [-0.2, -0.15) is 0 Å². The van der Waals surface area contributed by atoms with Crippen molar-refractivity contribution >= 4 is 17.4 Å². The minimum absolute atomic E-state index is 0.191. The van der Waals surface area contributed by atoms with Gasteiger partial charge in [-0.05, 0) is 67.6 Å². The molecule has 27 heavy (non-hydrogen) atoms. The summed E-state index contributed by atoms with van der Waals surface area (Å²) in [5.74, 6) is 0.191. The van der Waals surface area contributed by atoms with Gasteiger partial charge in [0, 0.05) is 30.1 Å². The van der Waals surface area contributed by atoms with Gasteiger partial charge in [-0.1, -0.05) is 35.9 Å². The quantitative estimate of drug-likeness (QED) is 0.580. The summed E-state index contributed by atoms with van der Waals surface area (Å²) in [4.78, 5) is 14.8. The molecule has 3 rings (SSSR count). The van der Waals surface area contributed by atoms with Crippen molar-refractivity contribution in [1.82, 2.24) is 4.90 Å². The highest BCUT2D eigenvalue weighted by Gasteiger charge is 2.11. The number of Topliss-reactive ketones (excluding diaryl/α,β-unsaturated/α-hetero) is 1. The Labute approximate surface area is 167 Å². The van der Waals surface area contributed by atoms with E-state index in [0.717, 1.165) is 57.7 Å². The second-order valence-corrected chi connectivity index (χ2v) is 7.55. The van der Waals surface area contributed by atoms with Crippen molar-refractivity contribution < 1.29 is 9.53 Å². The highest BCUT2D eigenvalue weighted by Crippen LogP contribution is 2.17. The third kappa shape index (κ3) is 6.46. The van der Waals surface area contributed by atoms with Crippen molar-refractivity contribution in [2.45, 2.75) is 32.1 Å². The van der Waals surface area contributed by atoms with Gasteiger partial charge in [0.05, 0.1) is 13.2 Å². The van der Waals surface area contributed by atoms with E-state index in [4.69, 9.17) is 16.3 Å². The van der Waals surface area contributed by atoms with Crippen LogP contribution in [0.4, 0.5) is 0 Å². The van der Waals surface area contributed by atoms with Crippen molar-refractivity contribution in [3.05, 3.63) is 70.2 Å². The lowest BCUT2D eigenvalue weighted by molar-refractivity contribution is 0.0374. The SMILES string of the molecule is O=C(CCCc1ccccc1CCCN1CCOCC1)c1ccc(Cl)cc1. The van der Waals surface area contributed by atoms with Crippen LogP contribution < -0.4 is 0 Å². The first-order valence-electron chi connectivity index (χ1n) is 9.88. The molecule has 0 bridgehead atoms. The van der Waals surface area contributed by atoms with Gasteiger partial charge < -0.3 is 4.74 Å². The van der Waals surface area contributed by atoms with Crippen LogP contribution in [-0.4, -0.2) is 43.5 Å². The largest absolute Gasteiger partial charge is 0.379 e. The average molecular weight is 386 g/mol. The second kappa shape index (κ2) is 10.6. The lowest BCUT2D eigenvalue weighted by atomic mass is 9.97. The van der Waals surface area contributed by atoms with Crippen molar-refractivity contribution in [2.24, 2.45) is 0 Å². The van der Waals surface area contributed by atoms with E-state index in [1.165, 1.54) is 17.5 Å². The molecule has 1 saturated heterocycles. The molecular weight excluding hydrogens is 358 g/mol. The fraction of sp³-hybridized carbons (Fsp3) is 0.435. The van der Waals surface area contributed by atoms with Crippen LogP contribution in [0.1, 0.15) is 40.7 Å². The molecule has 1 heterocycles. The molecule has 0 aromatic heterocycles. The van der Waals surface area contributed by atoms with Gasteiger partial charge in [-0.3, -0.25) is 9.69 Å². The van der Waals surface area contributed by atoms with Gasteiger partial charge in [0.1, 0.15) is 0 Å². The van der Waals surface area contributed by atoms with E-state index in [9.17, 15) is 4.79 Å². The molecule has 4 heteroatoms. The topological polar surface area (TPSA) is 29.5 Å². The van der Waals surface area contributed by atoms with Crippen LogP contribution in [0.25, 0.3) is 0 Å². The summed E-state index contributed by atoms with van der Waals surface area (Å²) in [5.41, 5.74) is 3.55. The maximum atomic E-state index is 12.3. The lowest BCUT2D eigenvalue weighted by Gasteiger charge is -2.26. The van der Waals surface area contributed by atoms with Crippen molar-refractivity contribution in [1.29, 1.82) is 0 Å². The summed E-state index contributed by atoms with van der Waals surface area (Å²) >= 11 is 5.89. The van der Waals surface area contributed by atoms with Crippen LogP contribution in [0.5, 0.6) is 0 Å². The normalized spacial score (nSPS) is 15.0. The fourth-order valence-electron chi connectivity index (χ4n) is 3.58. The molecule has 0 N–H and O–H groups in total. The molecule has 0 amide bonds. The van der Waals surface area contributed by atoms with Gasteiger partial charge in [-0.25, -0.2) is 0 Å². The minimum Gasteiger partial charge on any atom is -0.379 e. The number of nitrogens with zero attached hydrogens (tertiary/aromatic N) is 1. The maximum absolute atomic E-state index is 12.3.